The molecule has 104 valence electrons. The molecule has 0 aliphatic rings. The molecule has 0 radical (unpaired) electrons. The maximum atomic E-state index is 12.2. The zero-order valence-corrected chi connectivity index (χ0v) is 11.6. The second-order valence-corrected chi connectivity index (χ2v) is 3.90. The molecule has 19 heavy (non-hydrogen) atoms. The molecule has 0 saturated heterocycles. The van der Waals surface area contributed by atoms with E-state index in [0.29, 0.717) is 30.9 Å². The van der Waals surface area contributed by atoms with E-state index >= 15 is 0 Å². The Hall–Kier alpha value is -2.04. The van der Waals surface area contributed by atoms with Crippen LogP contribution in [0, 0.1) is 0 Å². The lowest BCUT2D eigenvalue weighted by Crippen LogP contribution is -2.30. The zero-order valence-electron chi connectivity index (χ0n) is 11.6. The van der Waals surface area contributed by atoms with Crippen molar-refractivity contribution in [2.75, 3.05) is 25.0 Å². The molecular formula is C14H20N2O3. The van der Waals surface area contributed by atoms with Gasteiger partial charge < -0.3 is 9.64 Å². The number of carbonyl (C=O) groups excluding carboxylic acids is 2. The van der Waals surface area contributed by atoms with Gasteiger partial charge in [0.25, 0.3) is 5.91 Å². The molecule has 1 aromatic rings. The molecule has 0 spiro atoms. The van der Waals surface area contributed by atoms with Gasteiger partial charge in [-0.15, -0.1) is 0 Å². The number of benzene rings is 1. The van der Waals surface area contributed by atoms with Crippen molar-refractivity contribution in [3.05, 3.63) is 29.8 Å². The molecule has 5 nitrogen and oxygen atoms in total. The van der Waals surface area contributed by atoms with E-state index in [0.717, 1.165) is 0 Å². The van der Waals surface area contributed by atoms with E-state index in [-0.39, 0.29) is 5.91 Å². The second-order valence-electron chi connectivity index (χ2n) is 3.90. The highest BCUT2D eigenvalue weighted by molar-refractivity contribution is 5.96. The lowest BCUT2D eigenvalue weighted by Gasteiger charge is -2.18. The van der Waals surface area contributed by atoms with Crippen LogP contribution in [0.15, 0.2) is 24.3 Å². The summed E-state index contributed by atoms with van der Waals surface area (Å²) in [6.07, 6.45) is -0.519. The number of hydrogen-bond acceptors (Lipinski definition) is 3. The summed E-state index contributed by atoms with van der Waals surface area (Å²) in [4.78, 5) is 25.2. The fourth-order valence-electron chi connectivity index (χ4n) is 1.71. The summed E-state index contributed by atoms with van der Waals surface area (Å²) < 4.78 is 4.79. The third kappa shape index (κ3) is 4.28. The quantitative estimate of drug-likeness (QED) is 0.889. The molecule has 0 aliphatic carbocycles. The smallest absolute Gasteiger partial charge is 0.411 e. The SMILES string of the molecule is CCOC(=O)Nc1cccc(C(=O)N(CC)CC)c1. The Bertz CT molecular complexity index is 442. The Morgan fingerprint density at radius 2 is 1.89 bits per heavy atom. The van der Waals surface area contributed by atoms with Crippen LogP contribution in [-0.4, -0.2) is 36.6 Å². The van der Waals surface area contributed by atoms with Gasteiger partial charge in [0.05, 0.1) is 6.61 Å². The van der Waals surface area contributed by atoms with Crippen LogP contribution >= 0.6 is 0 Å². The normalized spacial score (nSPS) is 9.84. The first kappa shape index (κ1) is 15.0. The second kappa shape index (κ2) is 7.41. The van der Waals surface area contributed by atoms with Crippen molar-refractivity contribution in [1.29, 1.82) is 0 Å². The van der Waals surface area contributed by atoms with E-state index in [9.17, 15) is 9.59 Å². The largest absolute Gasteiger partial charge is 0.450 e. The minimum atomic E-state index is -0.519. The lowest BCUT2D eigenvalue weighted by molar-refractivity contribution is 0.0773. The molecule has 0 unspecified atom stereocenters. The van der Waals surface area contributed by atoms with Crippen LogP contribution in [0.1, 0.15) is 31.1 Å². The molecule has 0 atom stereocenters. The number of nitrogens with zero attached hydrogens (tertiary/aromatic N) is 1. The topological polar surface area (TPSA) is 58.6 Å². The number of amides is 2. The summed E-state index contributed by atoms with van der Waals surface area (Å²) in [7, 11) is 0. The van der Waals surface area contributed by atoms with Gasteiger partial charge in [0.2, 0.25) is 0 Å². The molecule has 0 heterocycles. The summed E-state index contributed by atoms with van der Waals surface area (Å²) in [6, 6.07) is 6.84. The third-order valence-corrected chi connectivity index (χ3v) is 2.68. The number of rotatable bonds is 5. The monoisotopic (exact) mass is 264 g/mol. The molecule has 1 aromatic carbocycles. The highest BCUT2D eigenvalue weighted by atomic mass is 16.5. The van der Waals surface area contributed by atoms with Gasteiger partial charge in [-0.3, -0.25) is 10.1 Å². The molecule has 0 saturated carbocycles. The molecule has 1 rings (SSSR count). The van der Waals surface area contributed by atoms with Crippen LogP contribution in [0.5, 0.6) is 0 Å². The van der Waals surface area contributed by atoms with Crippen molar-refractivity contribution >= 4 is 17.7 Å². The van der Waals surface area contributed by atoms with E-state index in [1.807, 2.05) is 13.8 Å². The summed E-state index contributed by atoms with van der Waals surface area (Å²) in [5.74, 6) is -0.0440. The average molecular weight is 264 g/mol. The number of anilines is 1. The molecular weight excluding hydrogens is 244 g/mol. The highest BCUT2D eigenvalue weighted by Gasteiger charge is 2.13. The standard InChI is InChI=1S/C14H20N2O3/c1-4-16(5-2)13(17)11-8-7-9-12(10-11)15-14(18)19-6-3/h7-10H,4-6H2,1-3H3,(H,15,18). The van der Waals surface area contributed by atoms with E-state index in [2.05, 4.69) is 5.32 Å². The van der Waals surface area contributed by atoms with Gasteiger partial charge in [0.1, 0.15) is 0 Å². The van der Waals surface area contributed by atoms with Crippen LogP contribution in [-0.2, 0) is 4.74 Å². The first-order valence-electron chi connectivity index (χ1n) is 6.45. The Balaban J connectivity index is 2.82. The summed E-state index contributed by atoms with van der Waals surface area (Å²) >= 11 is 0. The van der Waals surface area contributed by atoms with Crippen LogP contribution in [0.3, 0.4) is 0 Å². The third-order valence-electron chi connectivity index (χ3n) is 2.68. The van der Waals surface area contributed by atoms with Crippen molar-refractivity contribution in [3.63, 3.8) is 0 Å². The first-order valence-corrected chi connectivity index (χ1v) is 6.45. The molecule has 0 aromatic heterocycles. The van der Waals surface area contributed by atoms with Crippen molar-refractivity contribution in [1.82, 2.24) is 4.90 Å². The van der Waals surface area contributed by atoms with Crippen molar-refractivity contribution < 1.29 is 14.3 Å². The van der Waals surface area contributed by atoms with Gasteiger partial charge in [-0.05, 0) is 39.0 Å². The van der Waals surface area contributed by atoms with Crippen molar-refractivity contribution in [2.45, 2.75) is 20.8 Å². The highest BCUT2D eigenvalue weighted by Crippen LogP contribution is 2.13. The van der Waals surface area contributed by atoms with E-state index < -0.39 is 6.09 Å². The van der Waals surface area contributed by atoms with Crippen LogP contribution in [0.4, 0.5) is 10.5 Å². The Labute approximate surface area is 113 Å². The van der Waals surface area contributed by atoms with Gasteiger partial charge in [0.15, 0.2) is 0 Å². The van der Waals surface area contributed by atoms with Gasteiger partial charge in [0, 0.05) is 24.3 Å². The predicted molar refractivity (Wildman–Crippen MR) is 74.3 cm³/mol. The first-order chi connectivity index (χ1) is 9.12. The Morgan fingerprint density at radius 1 is 1.21 bits per heavy atom. The summed E-state index contributed by atoms with van der Waals surface area (Å²) in [6.45, 7) is 7.23. The van der Waals surface area contributed by atoms with Gasteiger partial charge in [-0.25, -0.2) is 4.79 Å². The molecule has 0 fully saturated rings. The van der Waals surface area contributed by atoms with Crippen molar-refractivity contribution in [3.8, 4) is 0 Å². The maximum absolute atomic E-state index is 12.2. The number of carbonyl (C=O) groups is 2. The summed E-state index contributed by atoms with van der Waals surface area (Å²) in [5.41, 5.74) is 1.11. The molecule has 5 heteroatoms. The average Bonchev–Trinajstić information content (AvgIpc) is 2.40. The van der Waals surface area contributed by atoms with Crippen LogP contribution in [0.25, 0.3) is 0 Å². The number of hydrogen-bond donors (Lipinski definition) is 1. The summed E-state index contributed by atoms with van der Waals surface area (Å²) in [5, 5.41) is 2.58. The molecule has 2 amide bonds. The van der Waals surface area contributed by atoms with Crippen LogP contribution < -0.4 is 5.32 Å². The molecule has 0 bridgehead atoms. The zero-order chi connectivity index (χ0) is 14.3. The van der Waals surface area contributed by atoms with Gasteiger partial charge in [-0.2, -0.15) is 0 Å². The van der Waals surface area contributed by atoms with E-state index in [1.165, 1.54) is 0 Å². The Kier molecular flexibility index (Phi) is 5.85. The van der Waals surface area contributed by atoms with E-state index in [4.69, 9.17) is 4.74 Å². The fourth-order valence-corrected chi connectivity index (χ4v) is 1.71. The molecule has 1 N–H and O–H groups in total. The van der Waals surface area contributed by atoms with E-state index in [1.54, 1.807) is 36.1 Å². The predicted octanol–water partition coefficient (Wildman–Crippen LogP) is 2.74. The maximum Gasteiger partial charge on any atom is 0.411 e. The minimum Gasteiger partial charge on any atom is -0.450 e. The molecule has 0 aliphatic heterocycles. The van der Waals surface area contributed by atoms with Crippen molar-refractivity contribution in [2.24, 2.45) is 0 Å². The number of ether oxygens (including phenoxy) is 1. The number of nitrogens with one attached hydrogen (secondary N) is 1. The lowest BCUT2D eigenvalue weighted by atomic mass is 10.1. The van der Waals surface area contributed by atoms with Crippen LogP contribution in [0.2, 0.25) is 0 Å². The minimum absolute atomic E-state index is 0.0440. The fraction of sp³-hybridized carbons (Fsp3) is 0.429. The Morgan fingerprint density at radius 3 is 2.47 bits per heavy atom. The van der Waals surface area contributed by atoms with Gasteiger partial charge in [-0.1, -0.05) is 6.07 Å². The van der Waals surface area contributed by atoms with Gasteiger partial charge >= 0.3 is 6.09 Å².